The summed E-state index contributed by atoms with van der Waals surface area (Å²) < 4.78 is 42.6. The molecule has 190 valence electrons. The fourth-order valence-corrected chi connectivity index (χ4v) is 5.24. The molecule has 0 heterocycles. The summed E-state index contributed by atoms with van der Waals surface area (Å²) in [5.74, 6) is -1.92. The zero-order chi connectivity index (χ0) is 26.3. The maximum atomic E-state index is 14.8. The van der Waals surface area contributed by atoms with E-state index >= 15 is 0 Å². The van der Waals surface area contributed by atoms with E-state index in [9.17, 15) is 22.4 Å². The first-order chi connectivity index (χ1) is 17.2. The van der Waals surface area contributed by atoms with Crippen molar-refractivity contribution >= 4 is 39.1 Å². The van der Waals surface area contributed by atoms with E-state index in [4.69, 9.17) is 11.6 Å². The van der Waals surface area contributed by atoms with Crippen molar-refractivity contribution < 1.29 is 22.4 Å². The smallest absolute Gasteiger partial charge is 0.264 e. The number of nitrogens with zero attached hydrogens (tertiary/aromatic N) is 2. The molecule has 10 heteroatoms. The van der Waals surface area contributed by atoms with Crippen molar-refractivity contribution in [3.8, 4) is 0 Å². The molecule has 7 nitrogen and oxygen atoms in total. The van der Waals surface area contributed by atoms with Crippen molar-refractivity contribution in [1.82, 2.24) is 10.2 Å². The van der Waals surface area contributed by atoms with Crippen LogP contribution in [0.3, 0.4) is 0 Å². The predicted molar refractivity (Wildman–Crippen MR) is 138 cm³/mol. The van der Waals surface area contributed by atoms with Crippen molar-refractivity contribution in [3.63, 3.8) is 0 Å². The van der Waals surface area contributed by atoms with Crippen LogP contribution in [-0.4, -0.2) is 44.3 Å². The van der Waals surface area contributed by atoms with E-state index in [-0.39, 0.29) is 17.1 Å². The predicted octanol–water partition coefficient (Wildman–Crippen LogP) is 4.23. The Morgan fingerprint density at radius 2 is 1.58 bits per heavy atom. The maximum absolute atomic E-state index is 14.8. The molecule has 0 aliphatic heterocycles. The molecule has 0 fully saturated rings. The van der Waals surface area contributed by atoms with Crippen molar-refractivity contribution in [2.75, 3.05) is 17.4 Å². The minimum Gasteiger partial charge on any atom is -0.355 e. The van der Waals surface area contributed by atoms with Crippen LogP contribution < -0.4 is 9.62 Å². The van der Waals surface area contributed by atoms with Crippen LogP contribution in [0.4, 0.5) is 10.1 Å². The molecule has 0 aliphatic carbocycles. The number of nitrogens with one attached hydrogen (secondary N) is 1. The van der Waals surface area contributed by atoms with Crippen LogP contribution in [0.5, 0.6) is 0 Å². The van der Waals surface area contributed by atoms with Gasteiger partial charge >= 0.3 is 0 Å². The molecule has 2 amide bonds. The first-order valence-electron chi connectivity index (χ1n) is 11.3. The van der Waals surface area contributed by atoms with Gasteiger partial charge in [-0.1, -0.05) is 60.1 Å². The summed E-state index contributed by atoms with van der Waals surface area (Å²) in [4.78, 5) is 27.5. The fourth-order valence-electron chi connectivity index (χ4n) is 3.60. The second-order valence-electron chi connectivity index (χ2n) is 7.96. The first-order valence-corrected chi connectivity index (χ1v) is 13.1. The first kappa shape index (κ1) is 27.2. The van der Waals surface area contributed by atoms with E-state index in [0.717, 1.165) is 10.4 Å². The van der Waals surface area contributed by atoms with Gasteiger partial charge in [-0.2, -0.15) is 0 Å². The molecule has 3 rings (SSSR count). The minimum absolute atomic E-state index is 0.0483. The van der Waals surface area contributed by atoms with Gasteiger partial charge in [0, 0.05) is 18.1 Å². The molecule has 3 aromatic carbocycles. The van der Waals surface area contributed by atoms with E-state index < -0.39 is 40.2 Å². The third kappa shape index (κ3) is 6.22. The van der Waals surface area contributed by atoms with Gasteiger partial charge in [-0.05, 0) is 49.7 Å². The topological polar surface area (TPSA) is 86.8 Å². The Balaban J connectivity index is 2.04. The van der Waals surface area contributed by atoms with Gasteiger partial charge in [0.2, 0.25) is 11.8 Å². The molecule has 1 atom stereocenters. The number of hydrogen-bond donors (Lipinski definition) is 1. The number of hydrogen-bond acceptors (Lipinski definition) is 4. The lowest BCUT2D eigenvalue weighted by Crippen LogP contribution is -2.51. The lowest BCUT2D eigenvalue weighted by Gasteiger charge is -2.32. The highest BCUT2D eigenvalue weighted by Crippen LogP contribution is 2.27. The van der Waals surface area contributed by atoms with Gasteiger partial charge in [-0.3, -0.25) is 13.9 Å². The van der Waals surface area contributed by atoms with Crippen LogP contribution in [0.2, 0.25) is 5.02 Å². The molecule has 0 bridgehead atoms. The quantitative estimate of drug-likeness (QED) is 0.424. The molecular weight excluding hydrogens is 505 g/mol. The zero-order valence-electron chi connectivity index (χ0n) is 19.9. The monoisotopic (exact) mass is 531 g/mol. The fraction of sp³-hybridized carbons (Fsp3) is 0.231. The summed E-state index contributed by atoms with van der Waals surface area (Å²) in [5, 5.41) is 3.06. The SMILES string of the molecule is CCNC(=O)[C@@H](C)N(Cc1ccccc1Cl)C(=O)CN(c1ccccc1F)S(=O)(=O)c1ccccc1. The lowest BCUT2D eigenvalue weighted by atomic mass is 10.1. The number of likely N-dealkylation sites (N-methyl/N-ethyl adjacent to an activating group) is 1. The van der Waals surface area contributed by atoms with E-state index in [0.29, 0.717) is 17.1 Å². The number of carbonyl (C=O) groups excluding carboxylic acids is 2. The summed E-state index contributed by atoms with van der Waals surface area (Å²) >= 11 is 6.30. The Labute approximate surface area is 215 Å². The van der Waals surface area contributed by atoms with Crippen molar-refractivity contribution in [3.05, 3.63) is 95.3 Å². The number of benzene rings is 3. The molecule has 3 aromatic rings. The Hall–Kier alpha value is -3.43. The second kappa shape index (κ2) is 12.0. The van der Waals surface area contributed by atoms with Gasteiger partial charge < -0.3 is 10.2 Å². The van der Waals surface area contributed by atoms with E-state index in [1.165, 1.54) is 47.4 Å². The molecular formula is C26H27ClFN3O4S. The zero-order valence-corrected chi connectivity index (χ0v) is 21.5. The number of amides is 2. The van der Waals surface area contributed by atoms with E-state index in [2.05, 4.69) is 5.32 Å². The van der Waals surface area contributed by atoms with Gasteiger partial charge in [0.25, 0.3) is 10.0 Å². The van der Waals surface area contributed by atoms with Crippen LogP contribution in [0.15, 0.2) is 83.8 Å². The Morgan fingerprint density at radius 3 is 2.22 bits per heavy atom. The number of rotatable bonds is 10. The third-order valence-electron chi connectivity index (χ3n) is 5.55. The molecule has 36 heavy (non-hydrogen) atoms. The highest BCUT2D eigenvalue weighted by Gasteiger charge is 2.33. The molecule has 0 spiro atoms. The van der Waals surface area contributed by atoms with Gasteiger partial charge in [-0.25, -0.2) is 12.8 Å². The summed E-state index contributed by atoms with van der Waals surface area (Å²) in [7, 11) is -4.32. The molecule has 0 unspecified atom stereocenters. The minimum atomic E-state index is -4.32. The van der Waals surface area contributed by atoms with Gasteiger partial charge in [-0.15, -0.1) is 0 Å². The maximum Gasteiger partial charge on any atom is 0.264 e. The number of anilines is 1. The molecule has 1 N–H and O–H groups in total. The Morgan fingerprint density at radius 1 is 0.972 bits per heavy atom. The highest BCUT2D eigenvalue weighted by atomic mass is 35.5. The summed E-state index contributed by atoms with van der Waals surface area (Å²) in [6.45, 7) is 2.86. The van der Waals surface area contributed by atoms with Gasteiger partial charge in [0.1, 0.15) is 18.4 Å². The Kier molecular flexibility index (Phi) is 9.06. The van der Waals surface area contributed by atoms with E-state index in [1.807, 2.05) is 0 Å². The third-order valence-corrected chi connectivity index (χ3v) is 7.69. The van der Waals surface area contributed by atoms with Crippen LogP contribution in [0.25, 0.3) is 0 Å². The van der Waals surface area contributed by atoms with Crippen LogP contribution in [0, 0.1) is 5.82 Å². The van der Waals surface area contributed by atoms with Crippen LogP contribution >= 0.6 is 11.6 Å². The normalized spacial score (nSPS) is 12.0. The molecule has 0 aromatic heterocycles. The van der Waals surface area contributed by atoms with E-state index in [1.54, 1.807) is 44.2 Å². The van der Waals surface area contributed by atoms with Crippen molar-refractivity contribution in [2.45, 2.75) is 31.3 Å². The molecule has 0 saturated carbocycles. The number of sulfonamides is 1. The van der Waals surface area contributed by atoms with Crippen LogP contribution in [-0.2, 0) is 26.2 Å². The highest BCUT2D eigenvalue weighted by molar-refractivity contribution is 7.92. The summed E-state index contributed by atoms with van der Waals surface area (Å²) in [5.41, 5.74) is 0.296. The number of para-hydroxylation sites is 1. The average molecular weight is 532 g/mol. The second-order valence-corrected chi connectivity index (χ2v) is 10.2. The standard InChI is InChI=1S/C26H27ClFN3O4S/c1-3-29-26(33)19(2)30(17-20-11-7-8-14-22(20)27)25(32)18-31(24-16-10-9-15-23(24)28)36(34,35)21-12-5-4-6-13-21/h4-16,19H,3,17-18H2,1-2H3,(H,29,33)/t19-/m1/s1. The largest absolute Gasteiger partial charge is 0.355 e. The van der Waals surface area contributed by atoms with Crippen molar-refractivity contribution in [2.24, 2.45) is 0 Å². The average Bonchev–Trinajstić information content (AvgIpc) is 2.87. The molecule has 0 saturated heterocycles. The van der Waals surface area contributed by atoms with Crippen LogP contribution in [0.1, 0.15) is 19.4 Å². The molecule has 0 aliphatic rings. The van der Waals surface area contributed by atoms with Crippen molar-refractivity contribution in [1.29, 1.82) is 0 Å². The summed E-state index contributed by atoms with van der Waals surface area (Å²) in [6, 6.07) is 18.7. The number of halogens is 2. The summed E-state index contributed by atoms with van der Waals surface area (Å²) in [6.07, 6.45) is 0. The Bertz CT molecular complexity index is 1320. The lowest BCUT2D eigenvalue weighted by molar-refractivity contribution is -0.139. The number of carbonyl (C=O) groups is 2. The molecule has 0 radical (unpaired) electrons. The van der Waals surface area contributed by atoms with Gasteiger partial charge in [0.15, 0.2) is 0 Å². The van der Waals surface area contributed by atoms with Gasteiger partial charge in [0.05, 0.1) is 10.6 Å².